The number of amides is 1. The minimum Gasteiger partial charge on any atom is -0.355 e. The van der Waals surface area contributed by atoms with Crippen LogP contribution in [0, 0.1) is 6.92 Å². The molecule has 7 heteroatoms. The summed E-state index contributed by atoms with van der Waals surface area (Å²) in [6.45, 7) is 6.73. The number of carbonyl (C=O) groups excluding carboxylic acids is 1. The van der Waals surface area contributed by atoms with E-state index in [0.29, 0.717) is 17.5 Å². The van der Waals surface area contributed by atoms with Crippen LogP contribution in [0.1, 0.15) is 31.0 Å². The maximum atomic E-state index is 11.9. The van der Waals surface area contributed by atoms with E-state index in [9.17, 15) is 4.79 Å². The lowest BCUT2D eigenvalue weighted by Gasteiger charge is -2.08. The van der Waals surface area contributed by atoms with Crippen LogP contribution in [-0.4, -0.2) is 38.4 Å². The van der Waals surface area contributed by atoms with Gasteiger partial charge in [0.05, 0.1) is 11.8 Å². The molecular formula is C15H21N5OS. The third-order valence-corrected chi connectivity index (χ3v) is 4.20. The van der Waals surface area contributed by atoms with Crippen molar-refractivity contribution >= 4 is 17.7 Å². The first kappa shape index (κ1) is 16.5. The van der Waals surface area contributed by atoms with Gasteiger partial charge in [0.2, 0.25) is 11.1 Å². The number of tetrazole rings is 1. The fraction of sp³-hybridized carbons (Fsp3) is 0.467. The molecular weight excluding hydrogens is 298 g/mol. The summed E-state index contributed by atoms with van der Waals surface area (Å²) in [6.07, 6.45) is 0.840. The van der Waals surface area contributed by atoms with Crippen LogP contribution >= 0.6 is 11.8 Å². The second-order valence-corrected chi connectivity index (χ2v) is 6.26. The summed E-state index contributed by atoms with van der Waals surface area (Å²) in [5.74, 6) is 0.317. The molecule has 1 N–H and O–H groups in total. The third-order valence-electron chi connectivity index (χ3n) is 3.26. The number of aromatic nitrogens is 4. The Kier molecular flexibility index (Phi) is 5.94. The van der Waals surface area contributed by atoms with Crippen molar-refractivity contribution in [3.05, 3.63) is 35.4 Å². The zero-order valence-electron chi connectivity index (χ0n) is 13.1. The quantitative estimate of drug-likeness (QED) is 0.790. The molecule has 22 heavy (non-hydrogen) atoms. The molecule has 0 saturated heterocycles. The Balaban J connectivity index is 1.74. The molecule has 1 heterocycles. The van der Waals surface area contributed by atoms with Gasteiger partial charge >= 0.3 is 0 Å². The lowest BCUT2D eigenvalue weighted by atomic mass is 10.1. The average molecular weight is 319 g/mol. The molecule has 2 aromatic rings. The van der Waals surface area contributed by atoms with Gasteiger partial charge < -0.3 is 5.32 Å². The number of hydrogen-bond donors (Lipinski definition) is 1. The highest BCUT2D eigenvalue weighted by Crippen LogP contribution is 2.16. The normalized spacial score (nSPS) is 10.9. The van der Waals surface area contributed by atoms with Crippen molar-refractivity contribution in [3.8, 4) is 0 Å². The summed E-state index contributed by atoms with van der Waals surface area (Å²) >= 11 is 1.35. The number of thioether (sulfide) groups is 1. The van der Waals surface area contributed by atoms with Crippen LogP contribution in [0.25, 0.3) is 0 Å². The van der Waals surface area contributed by atoms with Crippen LogP contribution in [0.5, 0.6) is 0 Å². The van der Waals surface area contributed by atoms with Crippen molar-refractivity contribution in [1.82, 2.24) is 25.5 Å². The number of benzene rings is 1. The Morgan fingerprint density at radius 2 is 2.14 bits per heavy atom. The molecule has 1 amide bonds. The first-order chi connectivity index (χ1) is 10.6. The number of nitrogens with zero attached hydrogens (tertiary/aromatic N) is 4. The summed E-state index contributed by atoms with van der Waals surface area (Å²) in [5, 5.41) is 15.1. The number of rotatable bonds is 7. The first-order valence-electron chi connectivity index (χ1n) is 7.30. The van der Waals surface area contributed by atoms with Gasteiger partial charge in [-0.3, -0.25) is 4.79 Å². The van der Waals surface area contributed by atoms with Crippen molar-refractivity contribution in [2.45, 2.75) is 38.4 Å². The van der Waals surface area contributed by atoms with Crippen LogP contribution in [0.3, 0.4) is 0 Å². The summed E-state index contributed by atoms with van der Waals surface area (Å²) < 4.78 is 1.71. The molecule has 0 aliphatic rings. The molecule has 0 atom stereocenters. The van der Waals surface area contributed by atoms with Crippen molar-refractivity contribution in [3.63, 3.8) is 0 Å². The van der Waals surface area contributed by atoms with E-state index in [-0.39, 0.29) is 11.9 Å². The largest absolute Gasteiger partial charge is 0.355 e. The Hall–Kier alpha value is -1.89. The lowest BCUT2D eigenvalue weighted by molar-refractivity contribution is -0.118. The van der Waals surface area contributed by atoms with Crippen LogP contribution in [-0.2, 0) is 11.2 Å². The van der Waals surface area contributed by atoms with Gasteiger partial charge in [0.25, 0.3) is 0 Å². The van der Waals surface area contributed by atoms with E-state index in [2.05, 4.69) is 39.9 Å². The maximum Gasteiger partial charge on any atom is 0.230 e. The van der Waals surface area contributed by atoms with E-state index in [1.807, 2.05) is 26.0 Å². The van der Waals surface area contributed by atoms with Gasteiger partial charge in [-0.05, 0) is 48.7 Å². The minimum absolute atomic E-state index is 0.00288. The first-order valence-corrected chi connectivity index (χ1v) is 8.28. The van der Waals surface area contributed by atoms with E-state index in [4.69, 9.17) is 0 Å². The number of hydrogen-bond acceptors (Lipinski definition) is 5. The van der Waals surface area contributed by atoms with Crippen LogP contribution in [0.2, 0.25) is 0 Å². The summed E-state index contributed by atoms with van der Waals surface area (Å²) in [6, 6.07) is 8.39. The van der Waals surface area contributed by atoms with Gasteiger partial charge in [-0.15, -0.1) is 5.10 Å². The fourth-order valence-corrected chi connectivity index (χ4v) is 2.85. The molecule has 6 nitrogen and oxygen atoms in total. The topological polar surface area (TPSA) is 72.7 Å². The Morgan fingerprint density at radius 3 is 2.86 bits per heavy atom. The van der Waals surface area contributed by atoms with E-state index in [1.165, 1.54) is 22.9 Å². The zero-order valence-corrected chi connectivity index (χ0v) is 13.9. The number of nitrogens with one attached hydrogen (secondary N) is 1. The maximum absolute atomic E-state index is 11.9. The van der Waals surface area contributed by atoms with Crippen molar-refractivity contribution < 1.29 is 4.79 Å². The summed E-state index contributed by atoms with van der Waals surface area (Å²) in [5.41, 5.74) is 2.52. The molecule has 0 radical (unpaired) electrons. The highest BCUT2D eigenvalue weighted by atomic mass is 32.2. The standard InChI is InChI=1S/C15H21N5OS/c1-11(2)20-15(17-18-19-20)22-10-14(21)16-9-8-13-7-5-4-6-12(13)3/h4-7,11H,8-10H2,1-3H3,(H,16,21). The molecule has 0 aliphatic carbocycles. The number of carbonyl (C=O) groups is 1. The predicted octanol–water partition coefficient (Wildman–Crippen LogP) is 2.01. The van der Waals surface area contributed by atoms with Crippen LogP contribution in [0.15, 0.2) is 29.4 Å². The molecule has 0 spiro atoms. The summed E-state index contributed by atoms with van der Waals surface area (Å²) in [4.78, 5) is 11.9. The molecule has 2 rings (SSSR count). The fourth-order valence-electron chi connectivity index (χ4n) is 2.01. The van der Waals surface area contributed by atoms with Gasteiger partial charge in [0, 0.05) is 6.54 Å². The van der Waals surface area contributed by atoms with Gasteiger partial charge in [0.1, 0.15) is 0 Å². The highest BCUT2D eigenvalue weighted by Gasteiger charge is 2.11. The minimum atomic E-state index is -0.00288. The lowest BCUT2D eigenvalue weighted by Crippen LogP contribution is -2.27. The van der Waals surface area contributed by atoms with E-state index < -0.39 is 0 Å². The molecule has 0 unspecified atom stereocenters. The predicted molar refractivity (Wildman–Crippen MR) is 86.8 cm³/mol. The Bertz CT molecular complexity index is 626. The third kappa shape index (κ3) is 4.56. The molecule has 0 bridgehead atoms. The zero-order chi connectivity index (χ0) is 15.9. The highest BCUT2D eigenvalue weighted by molar-refractivity contribution is 7.99. The Morgan fingerprint density at radius 1 is 1.36 bits per heavy atom. The molecule has 1 aromatic heterocycles. The SMILES string of the molecule is Cc1ccccc1CCNC(=O)CSc1nnnn1C(C)C. The van der Waals surface area contributed by atoms with Crippen molar-refractivity contribution in [1.29, 1.82) is 0 Å². The van der Waals surface area contributed by atoms with Gasteiger partial charge in [-0.25, -0.2) is 4.68 Å². The smallest absolute Gasteiger partial charge is 0.230 e. The molecule has 0 aliphatic heterocycles. The van der Waals surface area contributed by atoms with Crippen LogP contribution in [0.4, 0.5) is 0 Å². The monoisotopic (exact) mass is 319 g/mol. The van der Waals surface area contributed by atoms with E-state index in [0.717, 1.165) is 6.42 Å². The average Bonchev–Trinajstić information content (AvgIpc) is 2.96. The van der Waals surface area contributed by atoms with Gasteiger partial charge in [0.15, 0.2) is 0 Å². The van der Waals surface area contributed by atoms with Gasteiger partial charge in [-0.1, -0.05) is 36.0 Å². The second-order valence-electron chi connectivity index (χ2n) is 5.31. The molecule has 0 fully saturated rings. The Labute approximate surface area is 134 Å². The second kappa shape index (κ2) is 7.93. The summed E-state index contributed by atoms with van der Waals surface area (Å²) in [7, 11) is 0. The van der Waals surface area contributed by atoms with E-state index >= 15 is 0 Å². The van der Waals surface area contributed by atoms with E-state index in [1.54, 1.807) is 4.68 Å². The van der Waals surface area contributed by atoms with Crippen molar-refractivity contribution in [2.24, 2.45) is 0 Å². The molecule has 0 saturated carbocycles. The van der Waals surface area contributed by atoms with Crippen LogP contribution < -0.4 is 5.32 Å². The van der Waals surface area contributed by atoms with Gasteiger partial charge in [-0.2, -0.15) is 0 Å². The van der Waals surface area contributed by atoms with Crippen molar-refractivity contribution in [2.75, 3.05) is 12.3 Å². The number of aryl methyl sites for hydroxylation is 1. The molecule has 1 aromatic carbocycles. The molecule has 118 valence electrons.